The highest BCUT2D eigenvalue weighted by Crippen LogP contribution is 2.34. The highest BCUT2D eigenvalue weighted by molar-refractivity contribution is 6.03. The molecular formula is C19H16N2O5. The molecule has 0 aliphatic heterocycles. The quantitative estimate of drug-likeness (QED) is 0.541. The molecule has 2 aromatic carbocycles. The molecule has 3 aromatic rings. The predicted molar refractivity (Wildman–Crippen MR) is 96.5 cm³/mol. The Bertz CT molecular complexity index is 978. The van der Waals surface area contributed by atoms with Crippen LogP contribution in [0.2, 0.25) is 0 Å². The van der Waals surface area contributed by atoms with Crippen molar-refractivity contribution >= 4 is 17.3 Å². The second kappa shape index (κ2) is 7.10. The molecule has 0 saturated heterocycles. The van der Waals surface area contributed by atoms with Gasteiger partial charge in [-0.2, -0.15) is 0 Å². The van der Waals surface area contributed by atoms with Crippen LogP contribution < -0.4 is 10.1 Å². The van der Waals surface area contributed by atoms with Crippen molar-refractivity contribution in [3.05, 3.63) is 76.0 Å². The first-order valence-electron chi connectivity index (χ1n) is 7.79. The summed E-state index contributed by atoms with van der Waals surface area (Å²) in [4.78, 5) is 23.2. The molecule has 0 radical (unpaired) electrons. The summed E-state index contributed by atoms with van der Waals surface area (Å²) in [7, 11) is 1.43. The first-order valence-corrected chi connectivity index (χ1v) is 7.79. The summed E-state index contributed by atoms with van der Waals surface area (Å²) in [5.41, 5.74) is 1.69. The van der Waals surface area contributed by atoms with Crippen LogP contribution in [0, 0.1) is 17.0 Å². The van der Waals surface area contributed by atoms with Gasteiger partial charge in [0.05, 0.1) is 23.7 Å². The lowest BCUT2D eigenvalue weighted by Crippen LogP contribution is -2.11. The number of benzene rings is 2. The van der Waals surface area contributed by atoms with Gasteiger partial charge in [0.2, 0.25) is 0 Å². The number of nitrogens with zero attached hydrogens (tertiary/aromatic N) is 1. The number of nitro benzene ring substituents is 1. The lowest BCUT2D eigenvalue weighted by atomic mass is 10.1. The Kier molecular flexibility index (Phi) is 4.70. The van der Waals surface area contributed by atoms with Gasteiger partial charge in [-0.15, -0.1) is 0 Å². The number of carbonyl (C=O) groups is 1. The molecule has 7 nitrogen and oxygen atoms in total. The van der Waals surface area contributed by atoms with Crippen molar-refractivity contribution in [3.63, 3.8) is 0 Å². The van der Waals surface area contributed by atoms with Gasteiger partial charge in [-0.05, 0) is 42.8 Å². The normalized spacial score (nSPS) is 10.4. The fourth-order valence-electron chi connectivity index (χ4n) is 2.50. The van der Waals surface area contributed by atoms with E-state index in [1.54, 1.807) is 12.1 Å². The number of furan rings is 1. The maximum atomic E-state index is 12.4. The second-order valence-corrected chi connectivity index (χ2v) is 5.57. The SMILES string of the molecule is COc1ccc(-c2ccc(C(=O)Nc3ccccc3C)o2)c([N+](=O)[O-])c1. The molecule has 7 heteroatoms. The zero-order valence-electron chi connectivity index (χ0n) is 14.2. The molecule has 0 aliphatic rings. The number of amides is 1. The zero-order valence-corrected chi connectivity index (χ0v) is 14.2. The van der Waals surface area contributed by atoms with Crippen molar-refractivity contribution < 1.29 is 18.9 Å². The van der Waals surface area contributed by atoms with Gasteiger partial charge in [0.25, 0.3) is 11.6 Å². The molecular weight excluding hydrogens is 336 g/mol. The van der Waals surface area contributed by atoms with Crippen LogP contribution in [0.5, 0.6) is 5.75 Å². The van der Waals surface area contributed by atoms with Gasteiger partial charge in [0.1, 0.15) is 11.5 Å². The Balaban J connectivity index is 1.89. The number of anilines is 1. The van der Waals surface area contributed by atoms with Crippen LogP contribution in [0.15, 0.2) is 59.0 Å². The van der Waals surface area contributed by atoms with Crippen LogP contribution in [-0.4, -0.2) is 17.9 Å². The Hall–Kier alpha value is -3.61. The Morgan fingerprint density at radius 3 is 2.62 bits per heavy atom. The number of nitro groups is 1. The lowest BCUT2D eigenvalue weighted by Gasteiger charge is -2.06. The third kappa shape index (κ3) is 3.41. The van der Waals surface area contributed by atoms with Gasteiger partial charge in [-0.3, -0.25) is 14.9 Å². The van der Waals surface area contributed by atoms with E-state index in [1.165, 1.54) is 31.4 Å². The van der Waals surface area contributed by atoms with Crippen LogP contribution in [0.3, 0.4) is 0 Å². The minimum atomic E-state index is -0.520. The van der Waals surface area contributed by atoms with Crippen LogP contribution >= 0.6 is 0 Å². The monoisotopic (exact) mass is 352 g/mol. The topological polar surface area (TPSA) is 94.6 Å². The first kappa shape index (κ1) is 17.2. The number of para-hydroxylation sites is 1. The molecule has 3 rings (SSSR count). The molecule has 1 N–H and O–H groups in total. The average Bonchev–Trinajstić information content (AvgIpc) is 3.13. The number of aryl methyl sites for hydroxylation is 1. The summed E-state index contributed by atoms with van der Waals surface area (Å²) >= 11 is 0. The van der Waals surface area contributed by atoms with Crippen molar-refractivity contribution in [2.75, 3.05) is 12.4 Å². The third-order valence-corrected chi connectivity index (χ3v) is 3.89. The lowest BCUT2D eigenvalue weighted by molar-refractivity contribution is -0.384. The summed E-state index contributed by atoms with van der Waals surface area (Å²) in [5.74, 6) is 0.230. The van der Waals surface area contributed by atoms with Crippen molar-refractivity contribution in [2.24, 2.45) is 0 Å². The maximum absolute atomic E-state index is 12.4. The van der Waals surface area contributed by atoms with Gasteiger partial charge in [-0.1, -0.05) is 18.2 Å². The summed E-state index contributed by atoms with van der Waals surface area (Å²) in [6.07, 6.45) is 0. The molecule has 0 saturated carbocycles. The smallest absolute Gasteiger partial charge is 0.291 e. The molecule has 26 heavy (non-hydrogen) atoms. The van der Waals surface area contributed by atoms with E-state index >= 15 is 0 Å². The number of carbonyl (C=O) groups excluding carboxylic acids is 1. The fourth-order valence-corrected chi connectivity index (χ4v) is 2.50. The largest absolute Gasteiger partial charge is 0.497 e. The van der Waals surface area contributed by atoms with E-state index in [9.17, 15) is 14.9 Å². The fraction of sp³-hybridized carbons (Fsp3) is 0.105. The van der Waals surface area contributed by atoms with Crippen LogP contribution in [-0.2, 0) is 0 Å². The van der Waals surface area contributed by atoms with E-state index in [4.69, 9.17) is 9.15 Å². The second-order valence-electron chi connectivity index (χ2n) is 5.57. The molecule has 1 heterocycles. The number of methoxy groups -OCH3 is 1. The highest BCUT2D eigenvalue weighted by atomic mass is 16.6. The number of ether oxygens (including phenoxy) is 1. The summed E-state index contributed by atoms with van der Waals surface area (Å²) < 4.78 is 10.6. The van der Waals surface area contributed by atoms with Gasteiger partial charge in [-0.25, -0.2) is 0 Å². The van der Waals surface area contributed by atoms with Crippen molar-refractivity contribution in [1.82, 2.24) is 0 Å². The highest BCUT2D eigenvalue weighted by Gasteiger charge is 2.21. The number of rotatable bonds is 5. The number of nitrogens with one attached hydrogen (secondary N) is 1. The summed E-state index contributed by atoms with van der Waals surface area (Å²) in [5, 5.41) is 14.1. The Morgan fingerprint density at radius 1 is 1.15 bits per heavy atom. The van der Waals surface area contributed by atoms with Gasteiger partial charge < -0.3 is 14.5 Å². The van der Waals surface area contributed by atoms with Crippen molar-refractivity contribution in [3.8, 4) is 17.1 Å². The molecule has 1 aromatic heterocycles. The van der Waals surface area contributed by atoms with E-state index in [0.29, 0.717) is 11.4 Å². The molecule has 132 valence electrons. The Morgan fingerprint density at radius 2 is 1.92 bits per heavy atom. The average molecular weight is 352 g/mol. The molecule has 0 spiro atoms. The van der Waals surface area contributed by atoms with Crippen molar-refractivity contribution in [1.29, 1.82) is 0 Å². The molecule has 0 fully saturated rings. The van der Waals surface area contributed by atoms with E-state index < -0.39 is 10.8 Å². The van der Waals surface area contributed by atoms with E-state index in [0.717, 1.165) is 5.56 Å². The minimum Gasteiger partial charge on any atom is -0.497 e. The minimum absolute atomic E-state index is 0.0633. The van der Waals surface area contributed by atoms with Crippen molar-refractivity contribution in [2.45, 2.75) is 6.92 Å². The summed E-state index contributed by atoms with van der Waals surface area (Å²) in [6.45, 7) is 1.88. The van der Waals surface area contributed by atoms with Crippen LogP contribution in [0.1, 0.15) is 16.1 Å². The van der Waals surface area contributed by atoms with Gasteiger partial charge in [0, 0.05) is 5.69 Å². The van der Waals surface area contributed by atoms with Crippen LogP contribution in [0.25, 0.3) is 11.3 Å². The molecule has 1 amide bonds. The molecule has 0 aliphatic carbocycles. The van der Waals surface area contributed by atoms with E-state index in [-0.39, 0.29) is 22.8 Å². The van der Waals surface area contributed by atoms with E-state index in [1.807, 2.05) is 25.1 Å². The Labute approximate surface area is 149 Å². The number of hydrogen-bond acceptors (Lipinski definition) is 5. The standard InChI is InChI=1S/C19H16N2O5/c1-12-5-3-4-6-15(12)20-19(22)18-10-9-17(26-18)14-8-7-13(25-2)11-16(14)21(23)24/h3-11H,1-2H3,(H,20,22). The molecule has 0 unspecified atom stereocenters. The number of hydrogen-bond donors (Lipinski definition) is 1. The van der Waals surface area contributed by atoms with Crippen LogP contribution in [0.4, 0.5) is 11.4 Å². The zero-order chi connectivity index (χ0) is 18.7. The van der Waals surface area contributed by atoms with Gasteiger partial charge >= 0.3 is 0 Å². The predicted octanol–water partition coefficient (Wildman–Crippen LogP) is 4.42. The maximum Gasteiger partial charge on any atom is 0.291 e. The summed E-state index contributed by atoms with van der Waals surface area (Å²) in [6, 6.07) is 14.8. The molecule has 0 atom stereocenters. The first-order chi connectivity index (χ1) is 12.5. The van der Waals surface area contributed by atoms with Gasteiger partial charge in [0.15, 0.2) is 5.76 Å². The third-order valence-electron chi connectivity index (χ3n) is 3.89. The van der Waals surface area contributed by atoms with E-state index in [2.05, 4.69) is 5.32 Å². The molecule has 0 bridgehead atoms.